The summed E-state index contributed by atoms with van der Waals surface area (Å²) in [6.45, 7) is 0. The number of nitrogens with two attached hydrogens (primary N) is 1. The molecule has 4 heteroatoms. The Kier molecular flexibility index (Phi) is 4.62. The summed E-state index contributed by atoms with van der Waals surface area (Å²) in [7, 11) is 0. The van der Waals surface area contributed by atoms with E-state index >= 15 is 0 Å². The highest BCUT2D eigenvalue weighted by Gasteiger charge is 2.38. The second kappa shape index (κ2) is 7.45. The molecule has 0 heterocycles. The van der Waals surface area contributed by atoms with Gasteiger partial charge in [0.25, 0.3) is 5.91 Å². The molecular weight excluding hydrogens is 372 g/mol. The third-order valence-electron chi connectivity index (χ3n) is 6.50. The van der Waals surface area contributed by atoms with Crippen molar-refractivity contribution in [3.05, 3.63) is 106 Å². The molecule has 2 aliphatic rings. The number of benzene rings is 3. The molecule has 2 N–H and O–H groups in total. The van der Waals surface area contributed by atoms with Crippen LogP contribution < -0.4 is 5.73 Å². The first kappa shape index (κ1) is 18.6. The van der Waals surface area contributed by atoms with Crippen molar-refractivity contribution in [2.75, 3.05) is 0 Å². The molecule has 0 saturated heterocycles. The summed E-state index contributed by atoms with van der Waals surface area (Å²) < 4.78 is 0. The third-order valence-corrected chi connectivity index (χ3v) is 6.50. The van der Waals surface area contributed by atoms with E-state index in [0.29, 0.717) is 11.1 Å². The molecule has 5 rings (SSSR count). The van der Waals surface area contributed by atoms with Crippen molar-refractivity contribution >= 4 is 11.8 Å². The van der Waals surface area contributed by atoms with Gasteiger partial charge in [0.05, 0.1) is 11.1 Å². The van der Waals surface area contributed by atoms with Gasteiger partial charge in [-0.3, -0.25) is 9.59 Å². The normalized spacial score (nSPS) is 15.6. The van der Waals surface area contributed by atoms with Crippen LogP contribution in [0.5, 0.6) is 0 Å². The fourth-order valence-corrected chi connectivity index (χ4v) is 5.12. The molecule has 0 unspecified atom stereocenters. The van der Waals surface area contributed by atoms with E-state index in [1.807, 2.05) is 4.90 Å². The van der Waals surface area contributed by atoms with Crippen molar-refractivity contribution in [2.45, 2.75) is 37.8 Å². The lowest BCUT2D eigenvalue weighted by Gasteiger charge is -2.35. The van der Waals surface area contributed by atoms with Crippen LogP contribution in [0.4, 0.5) is 0 Å². The first-order valence-corrected chi connectivity index (χ1v) is 10.5. The molecule has 0 saturated carbocycles. The molecule has 4 nitrogen and oxygen atoms in total. The first-order valence-electron chi connectivity index (χ1n) is 10.5. The molecule has 0 radical (unpaired) electrons. The zero-order chi connectivity index (χ0) is 20.7. The maximum absolute atomic E-state index is 13.9. The number of primary amides is 1. The quantitative estimate of drug-likeness (QED) is 0.733. The Morgan fingerprint density at radius 1 is 0.633 bits per heavy atom. The first-order chi connectivity index (χ1) is 14.6. The van der Waals surface area contributed by atoms with Crippen LogP contribution in [0, 0.1) is 0 Å². The minimum Gasteiger partial charge on any atom is -0.366 e. The number of fused-ring (bicyclic) bond motifs is 2. The number of hydrogen-bond acceptors (Lipinski definition) is 2. The number of amides is 2. The van der Waals surface area contributed by atoms with E-state index in [-0.39, 0.29) is 18.0 Å². The van der Waals surface area contributed by atoms with E-state index in [1.54, 1.807) is 24.3 Å². The monoisotopic (exact) mass is 396 g/mol. The van der Waals surface area contributed by atoms with Crippen molar-refractivity contribution in [3.8, 4) is 0 Å². The number of rotatable bonds is 4. The summed E-state index contributed by atoms with van der Waals surface area (Å²) in [6, 6.07) is 23.9. The molecule has 150 valence electrons. The summed E-state index contributed by atoms with van der Waals surface area (Å²) in [5.41, 5.74) is 11.5. The molecule has 0 bridgehead atoms. The fourth-order valence-electron chi connectivity index (χ4n) is 5.12. The Hall–Kier alpha value is -3.40. The minimum absolute atomic E-state index is 0.0788. The van der Waals surface area contributed by atoms with Gasteiger partial charge in [-0.25, -0.2) is 0 Å². The van der Waals surface area contributed by atoms with Crippen molar-refractivity contribution in [1.82, 2.24) is 4.90 Å². The van der Waals surface area contributed by atoms with E-state index in [2.05, 4.69) is 48.5 Å². The zero-order valence-corrected chi connectivity index (χ0v) is 16.8. The highest BCUT2D eigenvalue weighted by atomic mass is 16.2. The SMILES string of the molecule is NC(=O)c1ccccc1C(=O)N(C1Cc2ccccc2C1)C1Cc2ccccc2C1. The molecule has 0 spiro atoms. The average molecular weight is 396 g/mol. The Morgan fingerprint density at radius 3 is 1.40 bits per heavy atom. The lowest BCUT2D eigenvalue weighted by atomic mass is 10.0. The second-order valence-corrected chi connectivity index (χ2v) is 8.28. The Bertz CT molecular complexity index is 1030. The van der Waals surface area contributed by atoms with Gasteiger partial charge in [0.2, 0.25) is 5.91 Å². The summed E-state index contributed by atoms with van der Waals surface area (Å²) in [4.78, 5) is 27.9. The lowest BCUT2D eigenvalue weighted by Crippen LogP contribution is -2.48. The van der Waals surface area contributed by atoms with Crippen molar-refractivity contribution in [2.24, 2.45) is 5.73 Å². The Labute approximate surface area is 176 Å². The van der Waals surface area contributed by atoms with Crippen LogP contribution in [0.2, 0.25) is 0 Å². The van der Waals surface area contributed by atoms with E-state index < -0.39 is 5.91 Å². The van der Waals surface area contributed by atoms with E-state index in [9.17, 15) is 9.59 Å². The molecule has 30 heavy (non-hydrogen) atoms. The standard InChI is InChI=1S/C26H24N2O2/c27-25(29)23-11-5-6-12-24(23)26(30)28(21-13-17-7-1-2-8-18(17)14-21)22-15-19-9-3-4-10-20(19)16-22/h1-12,21-22H,13-16H2,(H2,27,29). The van der Waals surface area contributed by atoms with Crippen LogP contribution in [0.3, 0.4) is 0 Å². The van der Waals surface area contributed by atoms with Gasteiger partial charge in [-0.1, -0.05) is 60.7 Å². The molecule has 3 aromatic rings. The fraction of sp³-hybridized carbons (Fsp3) is 0.231. The number of nitrogens with zero attached hydrogens (tertiary/aromatic N) is 1. The molecule has 0 aliphatic heterocycles. The van der Waals surface area contributed by atoms with Gasteiger partial charge in [0.1, 0.15) is 0 Å². The summed E-state index contributed by atoms with van der Waals surface area (Å²) in [5, 5.41) is 0. The van der Waals surface area contributed by atoms with Gasteiger partial charge < -0.3 is 10.6 Å². The van der Waals surface area contributed by atoms with Crippen LogP contribution in [-0.4, -0.2) is 28.8 Å². The highest BCUT2D eigenvalue weighted by Crippen LogP contribution is 2.33. The Balaban J connectivity index is 1.53. The average Bonchev–Trinajstić information content (AvgIpc) is 3.37. The molecule has 2 aliphatic carbocycles. The predicted molar refractivity (Wildman–Crippen MR) is 116 cm³/mol. The summed E-state index contributed by atoms with van der Waals surface area (Å²) in [5.74, 6) is -0.664. The van der Waals surface area contributed by atoms with Crippen LogP contribution in [-0.2, 0) is 25.7 Å². The summed E-state index contributed by atoms with van der Waals surface area (Å²) >= 11 is 0. The number of hydrogen-bond donors (Lipinski definition) is 1. The van der Waals surface area contributed by atoms with Gasteiger partial charge in [-0.15, -0.1) is 0 Å². The highest BCUT2D eigenvalue weighted by molar-refractivity contribution is 6.06. The smallest absolute Gasteiger partial charge is 0.255 e. The van der Waals surface area contributed by atoms with Crippen LogP contribution in [0.25, 0.3) is 0 Å². The topological polar surface area (TPSA) is 63.4 Å². The number of carbonyl (C=O) groups excluding carboxylic acids is 2. The molecule has 0 aromatic heterocycles. The zero-order valence-electron chi connectivity index (χ0n) is 16.8. The maximum atomic E-state index is 13.9. The molecule has 2 amide bonds. The lowest BCUT2D eigenvalue weighted by molar-refractivity contribution is 0.0585. The van der Waals surface area contributed by atoms with E-state index in [0.717, 1.165) is 25.7 Å². The second-order valence-electron chi connectivity index (χ2n) is 8.28. The van der Waals surface area contributed by atoms with Crippen molar-refractivity contribution in [3.63, 3.8) is 0 Å². The predicted octanol–water partition coefficient (Wildman–Crippen LogP) is 3.56. The van der Waals surface area contributed by atoms with Crippen molar-refractivity contribution < 1.29 is 9.59 Å². The largest absolute Gasteiger partial charge is 0.366 e. The number of carbonyl (C=O) groups is 2. The third kappa shape index (κ3) is 3.18. The molecule has 3 aromatic carbocycles. The van der Waals surface area contributed by atoms with Gasteiger partial charge in [-0.2, -0.15) is 0 Å². The van der Waals surface area contributed by atoms with Crippen LogP contribution in [0.15, 0.2) is 72.8 Å². The van der Waals surface area contributed by atoms with Gasteiger partial charge in [0.15, 0.2) is 0 Å². The van der Waals surface area contributed by atoms with Gasteiger partial charge in [0, 0.05) is 12.1 Å². The minimum atomic E-state index is -0.566. The maximum Gasteiger partial charge on any atom is 0.255 e. The van der Waals surface area contributed by atoms with Crippen LogP contribution >= 0.6 is 0 Å². The Morgan fingerprint density at radius 2 is 1.00 bits per heavy atom. The molecule has 0 atom stereocenters. The van der Waals surface area contributed by atoms with E-state index in [1.165, 1.54) is 22.3 Å². The van der Waals surface area contributed by atoms with Crippen molar-refractivity contribution in [1.29, 1.82) is 0 Å². The molecular formula is C26H24N2O2. The van der Waals surface area contributed by atoms with Gasteiger partial charge >= 0.3 is 0 Å². The van der Waals surface area contributed by atoms with E-state index in [4.69, 9.17) is 5.73 Å². The summed E-state index contributed by atoms with van der Waals surface area (Å²) in [6.07, 6.45) is 3.36. The molecule has 0 fully saturated rings. The van der Waals surface area contributed by atoms with Crippen LogP contribution in [0.1, 0.15) is 43.0 Å². The van der Waals surface area contributed by atoms with Gasteiger partial charge in [-0.05, 0) is 60.1 Å².